The monoisotopic (exact) mass is 431 g/mol. The number of halogens is 5. The highest BCUT2D eigenvalue weighted by Crippen LogP contribution is 2.31. The Morgan fingerprint density at radius 3 is 2.29 bits per heavy atom. The standard InChI is InChI=1S/C22H14F5N3O/c1-2-18-20(16-8-7-15(23)10-17(16)24)21(31)30-19(29-18)9-13(11-28-30)12-3-5-14(6-4-12)22(25,26)27/h3-11H,2H2,1H3. The van der Waals surface area contributed by atoms with Crippen molar-refractivity contribution in [2.45, 2.75) is 19.5 Å². The van der Waals surface area contributed by atoms with E-state index in [1.807, 2.05) is 0 Å². The first-order chi connectivity index (χ1) is 14.7. The summed E-state index contributed by atoms with van der Waals surface area (Å²) in [5.74, 6) is -1.66. The molecule has 0 saturated carbocycles. The molecule has 0 aliphatic carbocycles. The van der Waals surface area contributed by atoms with Crippen molar-refractivity contribution >= 4 is 5.65 Å². The highest BCUT2D eigenvalue weighted by atomic mass is 19.4. The van der Waals surface area contributed by atoms with E-state index in [-0.39, 0.29) is 16.8 Å². The largest absolute Gasteiger partial charge is 0.416 e. The highest BCUT2D eigenvalue weighted by molar-refractivity contribution is 5.70. The lowest BCUT2D eigenvalue weighted by Crippen LogP contribution is -2.22. The average Bonchev–Trinajstić information content (AvgIpc) is 2.73. The normalized spacial score (nSPS) is 11.8. The molecule has 0 saturated heterocycles. The number of nitrogens with zero attached hydrogens (tertiary/aromatic N) is 3. The van der Waals surface area contributed by atoms with E-state index in [1.165, 1.54) is 30.5 Å². The summed E-state index contributed by atoms with van der Waals surface area (Å²) in [6.45, 7) is 1.73. The topological polar surface area (TPSA) is 47.3 Å². The van der Waals surface area contributed by atoms with E-state index >= 15 is 0 Å². The maximum Gasteiger partial charge on any atom is 0.416 e. The second kappa shape index (κ2) is 7.57. The molecule has 0 unspecified atom stereocenters. The van der Waals surface area contributed by atoms with Crippen LogP contribution in [0.5, 0.6) is 0 Å². The second-order valence-corrected chi connectivity index (χ2v) is 6.81. The molecule has 2 heterocycles. The summed E-state index contributed by atoms with van der Waals surface area (Å²) in [6, 6.07) is 8.94. The summed E-state index contributed by atoms with van der Waals surface area (Å²) in [6.07, 6.45) is -2.84. The van der Waals surface area contributed by atoms with Gasteiger partial charge in [0.15, 0.2) is 5.65 Å². The molecule has 0 fully saturated rings. The average molecular weight is 431 g/mol. The zero-order valence-corrected chi connectivity index (χ0v) is 16.0. The molecule has 9 heteroatoms. The van der Waals surface area contributed by atoms with Gasteiger partial charge in [0.05, 0.1) is 23.0 Å². The number of alkyl halides is 3. The molecular formula is C22H14F5N3O. The van der Waals surface area contributed by atoms with Gasteiger partial charge in [-0.3, -0.25) is 4.79 Å². The highest BCUT2D eigenvalue weighted by Gasteiger charge is 2.30. The zero-order valence-electron chi connectivity index (χ0n) is 16.0. The van der Waals surface area contributed by atoms with Crippen LogP contribution in [-0.2, 0) is 12.6 Å². The number of fused-ring (bicyclic) bond motifs is 1. The van der Waals surface area contributed by atoms with E-state index in [2.05, 4.69) is 10.1 Å². The van der Waals surface area contributed by atoms with E-state index in [9.17, 15) is 26.7 Å². The molecule has 0 bridgehead atoms. The molecule has 0 N–H and O–H groups in total. The van der Waals surface area contributed by atoms with Crippen LogP contribution < -0.4 is 5.56 Å². The van der Waals surface area contributed by atoms with E-state index in [1.54, 1.807) is 6.92 Å². The van der Waals surface area contributed by atoms with Gasteiger partial charge in [0.2, 0.25) is 0 Å². The summed E-state index contributed by atoms with van der Waals surface area (Å²) >= 11 is 0. The van der Waals surface area contributed by atoms with Gasteiger partial charge in [0.25, 0.3) is 5.56 Å². The minimum Gasteiger partial charge on any atom is -0.267 e. The van der Waals surface area contributed by atoms with Crippen molar-refractivity contribution in [1.82, 2.24) is 14.6 Å². The van der Waals surface area contributed by atoms with E-state index in [4.69, 9.17) is 0 Å². The number of hydrogen-bond acceptors (Lipinski definition) is 3. The number of aryl methyl sites for hydroxylation is 1. The van der Waals surface area contributed by atoms with Crippen molar-refractivity contribution in [1.29, 1.82) is 0 Å². The molecular weight excluding hydrogens is 417 g/mol. The van der Waals surface area contributed by atoms with Crippen molar-refractivity contribution in [3.05, 3.63) is 88.0 Å². The van der Waals surface area contributed by atoms with Crippen molar-refractivity contribution in [3.63, 3.8) is 0 Å². The lowest BCUT2D eigenvalue weighted by Gasteiger charge is -2.11. The minimum atomic E-state index is -4.45. The Labute approximate surface area is 172 Å². The molecule has 0 atom stereocenters. The Bertz CT molecular complexity index is 1340. The van der Waals surface area contributed by atoms with Crippen molar-refractivity contribution in [2.24, 2.45) is 0 Å². The van der Waals surface area contributed by atoms with Gasteiger partial charge in [0, 0.05) is 17.2 Å². The Kier molecular flexibility index (Phi) is 5.04. The number of rotatable bonds is 3. The van der Waals surface area contributed by atoms with Crippen molar-refractivity contribution in [3.8, 4) is 22.3 Å². The molecule has 0 radical (unpaired) electrons. The minimum absolute atomic E-state index is 0.0210. The Balaban J connectivity index is 1.86. The molecule has 0 amide bonds. The Morgan fingerprint density at radius 2 is 1.68 bits per heavy atom. The summed E-state index contributed by atoms with van der Waals surface area (Å²) < 4.78 is 66.9. The van der Waals surface area contributed by atoms with E-state index in [0.717, 1.165) is 22.7 Å². The van der Waals surface area contributed by atoms with Crippen LogP contribution >= 0.6 is 0 Å². The Morgan fingerprint density at radius 1 is 0.968 bits per heavy atom. The van der Waals surface area contributed by atoms with Crippen molar-refractivity contribution in [2.75, 3.05) is 0 Å². The maximum atomic E-state index is 14.3. The fraction of sp³-hybridized carbons (Fsp3) is 0.136. The first-order valence-electron chi connectivity index (χ1n) is 9.24. The summed E-state index contributed by atoms with van der Waals surface area (Å²) in [5.41, 5.74) is -0.143. The zero-order chi connectivity index (χ0) is 22.3. The van der Waals surface area contributed by atoms with Gasteiger partial charge in [-0.15, -0.1) is 0 Å². The van der Waals surface area contributed by atoms with Gasteiger partial charge in [-0.2, -0.15) is 22.8 Å². The predicted octanol–water partition coefficient (Wildman–Crippen LogP) is 5.28. The van der Waals surface area contributed by atoms with E-state index < -0.39 is 28.9 Å². The summed E-state index contributed by atoms with van der Waals surface area (Å²) in [5, 5.41) is 4.06. The summed E-state index contributed by atoms with van der Waals surface area (Å²) in [7, 11) is 0. The molecule has 4 aromatic rings. The summed E-state index contributed by atoms with van der Waals surface area (Å²) in [4.78, 5) is 17.4. The van der Waals surface area contributed by atoms with Gasteiger partial charge in [-0.05, 0) is 42.3 Å². The van der Waals surface area contributed by atoms with Crippen LogP contribution in [0.15, 0.2) is 59.5 Å². The molecule has 31 heavy (non-hydrogen) atoms. The molecule has 2 aromatic carbocycles. The Hall–Kier alpha value is -3.62. The third-order valence-electron chi connectivity index (χ3n) is 4.84. The lowest BCUT2D eigenvalue weighted by molar-refractivity contribution is -0.137. The number of aromatic nitrogens is 3. The third-order valence-corrected chi connectivity index (χ3v) is 4.84. The van der Waals surface area contributed by atoms with Gasteiger partial charge in [-0.25, -0.2) is 13.8 Å². The van der Waals surface area contributed by atoms with Crippen LogP contribution in [0.2, 0.25) is 0 Å². The van der Waals surface area contributed by atoms with Crippen LogP contribution in [-0.4, -0.2) is 14.6 Å². The van der Waals surface area contributed by atoms with Gasteiger partial charge < -0.3 is 0 Å². The number of hydrogen-bond donors (Lipinski definition) is 0. The van der Waals surface area contributed by atoms with Gasteiger partial charge in [0.1, 0.15) is 11.6 Å². The maximum absolute atomic E-state index is 14.3. The molecule has 0 aliphatic rings. The second-order valence-electron chi connectivity index (χ2n) is 6.81. The molecule has 0 aliphatic heterocycles. The fourth-order valence-electron chi connectivity index (χ4n) is 3.30. The molecule has 4 nitrogen and oxygen atoms in total. The van der Waals surface area contributed by atoms with Gasteiger partial charge in [-0.1, -0.05) is 19.1 Å². The fourth-order valence-corrected chi connectivity index (χ4v) is 3.30. The molecule has 158 valence electrons. The van der Waals surface area contributed by atoms with Crippen LogP contribution in [0.1, 0.15) is 18.2 Å². The van der Waals surface area contributed by atoms with Crippen LogP contribution in [0.3, 0.4) is 0 Å². The molecule has 4 rings (SSSR count). The molecule has 2 aromatic heterocycles. The first-order valence-corrected chi connectivity index (χ1v) is 9.24. The molecule has 0 spiro atoms. The number of benzene rings is 2. The van der Waals surface area contributed by atoms with Gasteiger partial charge >= 0.3 is 6.18 Å². The van der Waals surface area contributed by atoms with E-state index in [0.29, 0.717) is 29.3 Å². The predicted molar refractivity (Wildman–Crippen MR) is 104 cm³/mol. The van der Waals surface area contributed by atoms with Crippen LogP contribution in [0, 0.1) is 11.6 Å². The SMILES string of the molecule is CCc1nc2cc(-c3ccc(C(F)(F)F)cc3)cnn2c(=O)c1-c1ccc(F)cc1F. The third kappa shape index (κ3) is 3.78. The first kappa shape index (κ1) is 20.6. The lowest BCUT2D eigenvalue weighted by atomic mass is 10.0. The quantitative estimate of drug-likeness (QED) is 0.415. The van der Waals surface area contributed by atoms with Crippen LogP contribution in [0.4, 0.5) is 22.0 Å². The van der Waals surface area contributed by atoms with Crippen LogP contribution in [0.25, 0.3) is 27.9 Å². The smallest absolute Gasteiger partial charge is 0.267 e. The van der Waals surface area contributed by atoms with Crippen molar-refractivity contribution < 1.29 is 22.0 Å².